The number of esters is 4. The highest BCUT2D eigenvalue weighted by molar-refractivity contribution is 5.68. The molecule has 34 nitrogen and oxygen atoms in total. The summed E-state index contributed by atoms with van der Waals surface area (Å²) < 4.78 is 107. The summed E-state index contributed by atoms with van der Waals surface area (Å²) in [5.41, 5.74) is 0. The van der Waals surface area contributed by atoms with Gasteiger partial charge in [-0.1, -0.05) is 76.2 Å². The zero-order valence-electron chi connectivity index (χ0n) is 73.2. The highest BCUT2D eigenvalue weighted by Crippen LogP contribution is 2.04. The van der Waals surface area contributed by atoms with Crippen LogP contribution in [0.2, 0.25) is 0 Å². The van der Waals surface area contributed by atoms with Gasteiger partial charge < -0.3 is 125 Å². The lowest BCUT2D eigenvalue weighted by Crippen LogP contribution is -2.28. The predicted octanol–water partition coefficient (Wildman–Crippen LogP) is 9.43. The standard InChI is InChI=1S/4C7H15NO3.4C7H14O3.3C6H14O2/c2*1-6(4-10-3)5-11-7(9)8-2;2*1-4-6(5-10-3)11-7(9)8-2;2*1-6(4-9-3)5-10-7(2)8;2*1-4-7(5-9-3)10-6(2)8;1-6(4-7-2)5-8-3;2*1-4-6(8-3)5-7-2/h4*6H,4-5H2,1-3H3,(H,8,9);2*6H,4-5H2,1-3H3;2*7H,4-5H2,1-3H3;3*6H,4-5H2,1-3H3. The lowest BCUT2D eigenvalue weighted by atomic mass is 10.2. The van der Waals surface area contributed by atoms with Crippen LogP contribution in [0.3, 0.4) is 0 Å². The van der Waals surface area contributed by atoms with Gasteiger partial charge in [0.2, 0.25) is 0 Å². The molecule has 654 valence electrons. The van der Waals surface area contributed by atoms with Crippen molar-refractivity contribution in [3.63, 3.8) is 0 Å². The summed E-state index contributed by atoms with van der Waals surface area (Å²) >= 11 is 0. The Kier molecular flexibility index (Phi) is 121. The molecule has 0 saturated carbocycles. The molecule has 0 bridgehead atoms. The number of carbonyl (C=O) groups excluding carboxylic acids is 8. The van der Waals surface area contributed by atoms with E-state index in [1.165, 1.54) is 55.9 Å². The van der Waals surface area contributed by atoms with Gasteiger partial charge in [-0.2, -0.15) is 0 Å². The predicted molar refractivity (Wildman–Crippen MR) is 416 cm³/mol. The first-order chi connectivity index (χ1) is 51.1. The van der Waals surface area contributed by atoms with Crippen molar-refractivity contribution in [3.05, 3.63) is 0 Å². The Morgan fingerprint density at radius 2 is 0.389 bits per heavy atom. The molecule has 4 amide bonds. The van der Waals surface area contributed by atoms with Gasteiger partial charge in [0, 0.05) is 185 Å². The van der Waals surface area contributed by atoms with Crippen LogP contribution in [0.5, 0.6) is 0 Å². The molecule has 10 unspecified atom stereocenters. The SMILES string of the molecule is CCC(COC)OC.CCC(COC)OC.CCC(COC)OC(=O)NC.CCC(COC)OC(=O)NC.CCC(COC)OC(C)=O.CCC(COC)OC(C)=O.CNC(=O)OCC(C)COC.CNC(=O)OCC(C)COC.COCC(C)COC.COCC(C)COC(C)=O.COCC(C)COC(C)=O. The van der Waals surface area contributed by atoms with Gasteiger partial charge in [-0.15, -0.1) is 0 Å². The first-order valence-electron chi connectivity index (χ1n) is 36.1. The second-order valence-electron chi connectivity index (χ2n) is 23.5. The van der Waals surface area contributed by atoms with Crippen LogP contribution >= 0.6 is 0 Å². The Hall–Kier alpha value is -5.60. The number of carbonyl (C=O) groups is 8. The monoisotopic (exact) mass is 1580 g/mol. The Bertz CT molecular complexity index is 1760. The molecule has 0 heterocycles. The van der Waals surface area contributed by atoms with Gasteiger partial charge in [0.1, 0.15) is 24.4 Å². The van der Waals surface area contributed by atoms with Gasteiger partial charge in [0.15, 0.2) is 0 Å². The summed E-state index contributed by atoms with van der Waals surface area (Å²) in [7, 11) is 29.1. The molecular formula is C74H158N4O30. The third-order valence-corrected chi connectivity index (χ3v) is 12.4. The van der Waals surface area contributed by atoms with Crippen molar-refractivity contribution < 1.29 is 143 Å². The van der Waals surface area contributed by atoms with E-state index in [9.17, 15) is 38.4 Å². The van der Waals surface area contributed by atoms with Crippen molar-refractivity contribution in [1.29, 1.82) is 0 Å². The number of hydrogen-bond donors (Lipinski definition) is 4. The van der Waals surface area contributed by atoms with Crippen LogP contribution in [0.25, 0.3) is 0 Å². The van der Waals surface area contributed by atoms with Crippen LogP contribution in [0.4, 0.5) is 19.2 Å². The first-order valence-corrected chi connectivity index (χ1v) is 36.1. The summed E-state index contributed by atoms with van der Waals surface area (Å²) in [6, 6.07) is 0. The Labute approximate surface area is 651 Å². The average molecular weight is 1580 g/mol. The molecule has 0 rings (SSSR count). The van der Waals surface area contributed by atoms with Gasteiger partial charge in [-0.05, 0) is 38.5 Å². The zero-order valence-corrected chi connectivity index (χ0v) is 73.2. The molecule has 10 atom stereocenters. The summed E-state index contributed by atoms with van der Waals surface area (Å²) in [5.74, 6) is 0.626. The van der Waals surface area contributed by atoms with Gasteiger partial charge in [-0.3, -0.25) is 19.2 Å². The van der Waals surface area contributed by atoms with E-state index in [0.717, 1.165) is 51.7 Å². The highest BCUT2D eigenvalue weighted by atomic mass is 16.6. The van der Waals surface area contributed by atoms with Crippen LogP contribution in [-0.4, -0.2) is 318 Å². The minimum atomic E-state index is -0.408. The van der Waals surface area contributed by atoms with Crippen molar-refractivity contribution >= 4 is 48.3 Å². The summed E-state index contributed by atoms with van der Waals surface area (Å²) in [6.07, 6.45) is 3.67. The number of rotatable bonds is 44. The fourth-order valence-corrected chi connectivity index (χ4v) is 6.70. The van der Waals surface area contributed by atoms with Crippen molar-refractivity contribution in [2.45, 2.75) is 179 Å². The van der Waals surface area contributed by atoms with E-state index in [2.05, 4.69) is 42.0 Å². The van der Waals surface area contributed by atoms with Crippen LogP contribution in [0, 0.1) is 29.6 Å². The lowest BCUT2D eigenvalue weighted by Gasteiger charge is -2.13. The van der Waals surface area contributed by atoms with Crippen molar-refractivity contribution in [1.82, 2.24) is 21.3 Å². The van der Waals surface area contributed by atoms with E-state index in [1.807, 2.05) is 55.4 Å². The largest absolute Gasteiger partial charge is 0.466 e. The fraction of sp³-hybridized carbons (Fsp3) is 0.892. The van der Waals surface area contributed by atoms with Gasteiger partial charge in [-0.25, -0.2) is 19.2 Å². The molecule has 0 fully saturated rings. The highest BCUT2D eigenvalue weighted by Gasteiger charge is 2.13. The quantitative estimate of drug-likeness (QED) is 0.0326. The zero-order chi connectivity index (χ0) is 85.9. The van der Waals surface area contributed by atoms with E-state index in [1.54, 1.807) is 99.5 Å². The first kappa shape index (κ1) is 126. The topological polar surface area (TPSA) is 388 Å². The van der Waals surface area contributed by atoms with Crippen LogP contribution in [0.15, 0.2) is 0 Å². The molecule has 0 saturated heterocycles. The molecule has 0 aliphatic heterocycles. The molecule has 0 radical (unpaired) electrons. The fourth-order valence-electron chi connectivity index (χ4n) is 6.70. The number of ether oxygens (including phenoxy) is 22. The molecule has 34 heteroatoms. The number of alkyl carbamates (subject to hydrolysis) is 4. The molecule has 0 aliphatic rings. The average Bonchev–Trinajstić information content (AvgIpc) is 1.06. The third-order valence-electron chi connectivity index (χ3n) is 12.4. The Morgan fingerprint density at radius 1 is 0.222 bits per heavy atom. The molecule has 108 heavy (non-hydrogen) atoms. The molecule has 0 aromatic carbocycles. The van der Waals surface area contributed by atoms with Crippen LogP contribution < -0.4 is 21.3 Å². The smallest absolute Gasteiger partial charge is 0.407 e. The van der Waals surface area contributed by atoms with Crippen LogP contribution in [-0.2, 0) is 123 Å². The second-order valence-corrected chi connectivity index (χ2v) is 23.5. The van der Waals surface area contributed by atoms with E-state index in [0.29, 0.717) is 98.4 Å². The molecule has 0 spiro atoms. The van der Waals surface area contributed by atoms with E-state index < -0.39 is 24.4 Å². The maximum absolute atomic E-state index is 10.7. The Morgan fingerprint density at radius 3 is 0.528 bits per heavy atom. The van der Waals surface area contributed by atoms with E-state index in [4.69, 9.17) is 104 Å². The normalized spacial score (nSPS) is 12.5. The number of hydrogen-bond acceptors (Lipinski definition) is 30. The maximum Gasteiger partial charge on any atom is 0.407 e. The molecule has 0 aromatic heterocycles. The number of nitrogens with one attached hydrogen (secondary N) is 4. The van der Waals surface area contributed by atoms with Crippen molar-refractivity contribution in [3.8, 4) is 0 Å². The lowest BCUT2D eigenvalue weighted by molar-refractivity contribution is -0.149. The maximum atomic E-state index is 10.7. The number of methoxy groups -OCH3 is 14. The van der Waals surface area contributed by atoms with E-state index in [-0.39, 0.29) is 84.2 Å². The summed E-state index contributed by atoms with van der Waals surface area (Å²) in [5, 5.41) is 9.46. The Balaban J connectivity index is -0.000000107. The van der Waals surface area contributed by atoms with Crippen LogP contribution in [0.1, 0.15) is 142 Å². The second kappa shape index (κ2) is 103. The van der Waals surface area contributed by atoms with E-state index >= 15 is 0 Å². The van der Waals surface area contributed by atoms with Crippen molar-refractivity contribution in [2.24, 2.45) is 29.6 Å². The molecule has 0 aliphatic carbocycles. The van der Waals surface area contributed by atoms with Gasteiger partial charge in [0.25, 0.3) is 0 Å². The minimum Gasteiger partial charge on any atom is -0.466 e. The number of amides is 4. The molecular weight excluding hydrogens is 1420 g/mol. The third kappa shape index (κ3) is 121. The van der Waals surface area contributed by atoms with Crippen molar-refractivity contribution in [2.75, 3.05) is 233 Å². The summed E-state index contributed by atoms with van der Waals surface area (Å²) in [4.78, 5) is 83.8. The molecule has 0 aromatic rings. The van der Waals surface area contributed by atoms with Gasteiger partial charge in [0.05, 0.1) is 118 Å². The summed E-state index contributed by atoms with van der Waals surface area (Å²) in [6.45, 7) is 36.5. The molecule has 4 N–H and O–H groups in total. The minimum absolute atomic E-state index is 0.0810. The van der Waals surface area contributed by atoms with Gasteiger partial charge >= 0.3 is 48.3 Å².